The third kappa shape index (κ3) is 3.90. The van der Waals surface area contributed by atoms with Gasteiger partial charge in [0, 0.05) is 18.1 Å². The van der Waals surface area contributed by atoms with Gasteiger partial charge in [-0.1, -0.05) is 48.0 Å². The molecule has 154 valence electrons. The first-order valence-corrected chi connectivity index (χ1v) is 9.98. The number of carbonyl (C=O) groups excluding carboxylic acids is 1. The summed E-state index contributed by atoms with van der Waals surface area (Å²) in [6.07, 6.45) is 0.296. The molecule has 2 aromatic rings. The number of rotatable bonds is 7. The van der Waals surface area contributed by atoms with Crippen molar-refractivity contribution in [2.24, 2.45) is 0 Å². The van der Waals surface area contributed by atoms with Gasteiger partial charge in [0.2, 0.25) is 0 Å². The predicted molar refractivity (Wildman–Crippen MR) is 113 cm³/mol. The maximum absolute atomic E-state index is 13.4. The Hall–Kier alpha value is -2.34. The van der Waals surface area contributed by atoms with Crippen LogP contribution in [-0.4, -0.2) is 35.0 Å². The monoisotopic (exact) mass is 415 g/mol. The first-order chi connectivity index (χ1) is 13.8. The second-order valence-corrected chi connectivity index (χ2v) is 7.78. The summed E-state index contributed by atoms with van der Waals surface area (Å²) < 4.78 is 5.29. The van der Waals surface area contributed by atoms with Crippen molar-refractivity contribution < 1.29 is 19.5 Å². The lowest BCUT2D eigenvalue weighted by molar-refractivity contribution is -0.245. The fourth-order valence-corrected chi connectivity index (χ4v) is 3.97. The summed E-state index contributed by atoms with van der Waals surface area (Å²) in [4.78, 5) is 19.1. The van der Waals surface area contributed by atoms with Gasteiger partial charge in [-0.25, -0.2) is 9.90 Å². The Morgan fingerprint density at radius 3 is 2.38 bits per heavy atom. The maximum atomic E-state index is 13.4. The van der Waals surface area contributed by atoms with Crippen LogP contribution in [-0.2, 0) is 20.8 Å². The van der Waals surface area contributed by atoms with E-state index in [0.717, 1.165) is 22.3 Å². The number of amides is 1. The summed E-state index contributed by atoms with van der Waals surface area (Å²) in [5.41, 5.74) is 2.49. The second-order valence-electron chi connectivity index (χ2n) is 7.37. The number of hydrogen-bond donors (Lipinski definition) is 1. The lowest BCUT2D eigenvalue weighted by atomic mass is 9.88. The number of halogens is 1. The summed E-state index contributed by atoms with van der Waals surface area (Å²) in [5.74, 6) is -0.425. The van der Waals surface area contributed by atoms with E-state index in [1.807, 2.05) is 57.2 Å². The van der Waals surface area contributed by atoms with Crippen molar-refractivity contribution in [3.63, 3.8) is 0 Å². The van der Waals surface area contributed by atoms with Crippen LogP contribution in [0.1, 0.15) is 36.1 Å². The molecule has 1 atom stereocenters. The number of aryl methyl sites for hydroxylation is 2. The molecule has 0 aromatic heterocycles. The van der Waals surface area contributed by atoms with E-state index in [1.54, 1.807) is 13.0 Å². The zero-order valence-corrected chi connectivity index (χ0v) is 17.9. The third-order valence-electron chi connectivity index (χ3n) is 5.29. The smallest absolute Gasteiger partial charge is 0.282 e. The Morgan fingerprint density at radius 2 is 1.76 bits per heavy atom. The Kier molecular flexibility index (Phi) is 6.32. The lowest BCUT2D eigenvalue weighted by Crippen LogP contribution is -2.48. The molecule has 0 spiro atoms. The molecule has 0 saturated heterocycles. The van der Waals surface area contributed by atoms with E-state index in [9.17, 15) is 9.90 Å². The number of nitrogens with zero attached hydrogens (tertiary/aromatic N) is 1. The quantitative estimate of drug-likeness (QED) is 0.511. The summed E-state index contributed by atoms with van der Waals surface area (Å²) >= 11 is 6.36. The first kappa shape index (κ1) is 21.4. The highest BCUT2D eigenvalue weighted by Crippen LogP contribution is 2.43. The molecular formula is C23H26ClNO4. The van der Waals surface area contributed by atoms with Gasteiger partial charge in [0.15, 0.2) is 6.79 Å². The molecule has 3 rings (SSSR count). The number of benzene rings is 2. The highest BCUT2D eigenvalue weighted by atomic mass is 35.5. The molecule has 0 aliphatic carbocycles. The number of carbonyl (C=O) groups is 1. The molecule has 0 radical (unpaired) electrons. The molecule has 2 aromatic carbocycles. The first-order valence-electron chi connectivity index (χ1n) is 9.60. The van der Waals surface area contributed by atoms with Crippen molar-refractivity contribution in [2.75, 3.05) is 13.4 Å². The molecule has 0 bridgehead atoms. The average Bonchev–Trinajstić information content (AvgIpc) is 2.85. The zero-order chi connectivity index (χ0) is 21.2. The SMILES string of the molecule is CCOCON1C(=O)C(c2c(C)cccc2C)=C(O)C1(C)Cc1ccccc1Cl. The predicted octanol–water partition coefficient (Wildman–Crippen LogP) is 5.00. The van der Waals surface area contributed by atoms with Crippen LogP contribution in [0.25, 0.3) is 5.57 Å². The van der Waals surface area contributed by atoms with Crippen molar-refractivity contribution in [3.05, 3.63) is 75.5 Å². The number of hydroxylamine groups is 2. The minimum atomic E-state index is -1.12. The van der Waals surface area contributed by atoms with Crippen molar-refractivity contribution in [1.82, 2.24) is 5.06 Å². The number of ether oxygens (including phenoxy) is 1. The van der Waals surface area contributed by atoms with Crippen molar-refractivity contribution >= 4 is 23.1 Å². The van der Waals surface area contributed by atoms with Gasteiger partial charge in [-0.3, -0.25) is 4.79 Å². The third-order valence-corrected chi connectivity index (χ3v) is 5.66. The van der Waals surface area contributed by atoms with Gasteiger partial charge < -0.3 is 9.84 Å². The van der Waals surface area contributed by atoms with E-state index in [4.69, 9.17) is 21.2 Å². The van der Waals surface area contributed by atoms with Crippen LogP contribution >= 0.6 is 11.6 Å². The standard InChI is InChI=1S/C23H26ClNO4/c1-5-28-14-29-25-22(27)20(19-15(2)9-8-10-16(19)3)21(26)23(25,4)13-17-11-6-7-12-18(17)24/h6-12,26H,5,13-14H2,1-4H3. The van der Waals surface area contributed by atoms with Crippen molar-refractivity contribution in [1.29, 1.82) is 0 Å². The van der Waals surface area contributed by atoms with Crippen LogP contribution in [0.3, 0.4) is 0 Å². The van der Waals surface area contributed by atoms with Crippen LogP contribution in [0.4, 0.5) is 0 Å². The highest BCUT2D eigenvalue weighted by Gasteiger charge is 2.51. The number of aliphatic hydroxyl groups is 1. The van der Waals surface area contributed by atoms with Gasteiger partial charge in [-0.2, -0.15) is 0 Å². The van der Waals surface area contributed by atoms with E-state index in [-0.39, 0.29) is 18.1 Å². The fourth-order valence-electron chi connectivity index (χ4n) is 3.77. The topological polar surface area (TPSA) is 59.0 Å². The zero-order valence-electron chi connectivity index (χ0n) is 17.2. The molecule has 1 N–H and O–H groups in total. The number of hydrogen-bond acceptors (Lipinski definition) is 4. The molecule has 5 nitrogen and oxygen atoms in total. The van der Waals surface area contributed by atoms with Crippen molar-refractivity contribution in [3.8, 4) is 0 Å². The summed E-state index contributed by atoms with van der Waals surface area (Å²) in [6, 6.07) is 13.2. The summed E-state index contributed by atoms with van der Waals surface area (Å²) in [7, 11) is 0. The van der Waals surface area contributed by atoms with E-state index in [1.165, 1.54) is 5.06 Å². The summed E-state index contributed by atoms with van der Waals surface area (Å²) in [5, 5.41) is 13.1. The lowest BCUT2D eigenvalue weighted by Gasteiger charge is -2.34. The molecule has 29 heavy (non-hydrogen) atoms. The molecular weight excluding hydrogens is 390 g/mol. The molecule has 1 unspecified atom stereocenters. The van der Waals surface area contributed by atoms with Gasteiger partial charge in [0.1, 0.15) is 11.3 Å². The van der Waals surface area contributed by atoms with Gasteiger partial charge in [0.25, 0.3) is 5.91 Å². The van der Waals surface area contributed by atoms with E-state index < -0.39 is 11.4 Å². The van der Waals surface area contributed by atoms with Crippen LogP contribution in [0.5, 0.6) is 0 Å². The molecule has 1 heterocycles. The van der Waals surface area contributed by atoms with Crippen molar-refractivity contribution in [2.45, 2.75) is 39.7 Å². The van der Waals surface area contributed by atoms with Crippen LogP contribution < -0.4 is 0 Å². The van der Waals surface area contributed by atoms with E-state index >= 15 is 0 Å². The Morgan fingerprint density at radius 1 is 1.10 bits per heavy atom. The largest absolute Gasteiger partial charge is 0.509 e. The van der Waals surface area contributed by atoms with Gasteiger partial charge in [0.05, 0.1) is 5.57 Å². The summed E-state index contributed by atoms with van der Waals surface area (Å²) in [6.45, 7) is 7.82. The number of aliphatic hydroxyl groups excluding tert-OH is 1. The Balaban J connectivity index is 2.11. The molecule has 1 amide bonds. The molecule has 1 aliphatic rings. The van der Waals surface area contributed by atoms with Crippen LogP contribution in [0.15, 0.2) is 48.2 Å². The van der Waals surface area contributed by atoms with Gasteiger partial charge >= 0.3 is 0 Å². The maximum Gasteiger partial charge on any atom is 0.282 e. The molecule has 0 fully saturated rings. The highest BCUT2D eigenvalue weighted by molar-refractivity contribution is 6.31. The normalized spacial score (nSPS) is 19.3. The van der Waals surface area contributed by atoms with E-state index in [2.05, 4.69) is 0 Å². The minimum Gasteiger partial charge on any atom is -0.509 e. The van der Waals surface area contributed by atoms with Crippen LogP contribution in [0, 0.1) is 13.8 Å². The van der Waals surface area contributed by atoms with E-state index in [0.29, 0.717) is 18.1 Å². The average molecular weight is 416 g/mol. The fraction of sp³-hybridized carbons (Fsp3) is 0.348. The van der Waals surface area contributed by atoms with Gasteiger partial charge in [-0.05, 0) is 56.0 Å². The van der Waals surface area contributed by atoms with Gasteiger partial charge in [-0.15, -0.1) is 0 Å². The molecule has 0 saturated carbocycles. The Labute approximate surface area is 176 Å². The van der Waals surface area contributed by atoms with Crippen LogP contribution in [0.2, 0.25) is 5.02 Å². The second kappa shape index (κ2) is 8.57. The molecule has 6 heteroatoms. The molecule has 1 aliphatic heterocycles. The Bertz CT molecular complexity index is 935. The minimum absolute atomic E-state index is 0.0312.